The SMILES string of the molecule is CCC(C)C(O)C1(N(C)C)CCCC(C)C1. The van der Waals surface area contributed by atoms with E-state index in [1.165, 1.54) is 12.8 Å². The Morgan fingerprint density at radius 1 is 1.44 bits per heavy atom. The van der Waals surface area contributed by atoms with Gasteiger partial charge in [0.25, 0.3) is 0 Å². The van der Waals surface area contributed by atoms with Crippen molar-refractivity contribution < 1.29 is 5.11 Å². The number of nitrogens with zero attached hydrogens (tertiary/aromatic N) is 1. The first-order chi connectivity index (χ1) is 7.44. The van der Waals surface area contributed by atoms with E-state index >= 15 is 0 Å². The molecule has 4 atom stereocenters. The molecule has 0 aliphatic heterocycles. The molecule has 1 aliphatic carbocycles. The average molecular weight is 227 g/mol. The van der Waals surface area contributed by atoms with E-state index in [1.807, 2.05) is 0 Å². The summed E-state index contributed by atoms with van der Waals surface area (Å²) in [7, 11) is 4.26. The van der Waals surface area contributed by atoms with Crippen molar-refractivity contribution in [1.82, 2.24) is 4.90 Å². The van der Waals surface area contributed by atoms with Gasteiger partial charge in [-0.25, -0.2) is 0 Å². The van der Waals surface area contributed by atoms with E-state index in [9.17, 15) is 5.11 Å². The van der Waals surface area contributed by atoms with Gasteiger partial charge in [-0.2, -0.15) is 0 Å². The summed E-state index contributed by atoms with van der Waals surface area (Å²) in [5.74, 6) is 1.14. The molecule has 1 fully saturated rings. The summed E-state index contributed by atoms with van der Waals surface area (Å²) >= 11 is 0. The van der Waals surface area contributed by atoms with Crippen molar-refractivity contribution in [3.8, 4) is 0 Å². The van der Waals surface area contributed by atoms with Gasteiger partial charge in [-0.3, -0.25) is 0 Å². The molecule has 0 radical (unpaired) electrons. The Hall–Kier alpha value is -0.0800. The lowest BCUT2D eigenvalue weighted by molar-refractivity contribution is -0.0686. The minimum Gasteiger partial charge on any atom is -0.391 e. The first-order valence-electron chi connectivity index (χ1n) is 6.79. The summed E-state index contributed by atoms with van der Waals surface area (Å²) in [6.07, 6.45) is 5.75. The number of aliphatic hydroxyl groups is 1. The number of aliphatic hydroxyl groups excluding tert-OH is 1. The average Bonchev–Trinajstić information content (AvgIpc) is 2.26. The standard InChI is InChI=1S/C14H29NO/c1-6-12(3)13(16)14(15(4)5)9-7-8-11(2)10-14/h11-13,16H,6-10H2,1-5H3. The molecule has 1 rings (SSSR count). The van der Waals surface area contributed by atoms with Gasteiger partial charge in [-0.15, -0.1) is 0 Å². The smallest absolute Gasteiger partial charge is 0.0749 e. The summed E-state index contributed by atoms with van der Waals surface area (Å²) in [5, 5.41) is 10.6. The fourth-order valence-electron chi connectivity index (χ4n) is 3.26. The highest BCUT2D eigenvalue weighted by molar-refractivity contribution is 4.99. The van der Waals surface area contributed by atoms with Gasteiger partial charge in [0, 0.05) is 5.54 Å². The zero-order chi connectivity index (χ0) is 12.3. The molecule has 0 spiro atoms. The Labute approximate surface area is 101 Å². The van der Waals surface area contributed by atoms with Crippen molar-refractivity contribution in [1.29, 1.82) is 0 Å². The van der Waals surface area contributed by atoms with Crippen molar-refractivity contribution in [2.75, 3.05) is 14.1 Å². The Morgan fingerprint density at radius 3 is 2.50 bits per heavy atom. The van der Waals surface area contributed by atoms with Crippen molar-refractivity contribution >= 4 is 0 Å². The van der Waals surface area contributed by atoms with Gasteiger partial charge in [0.15, 0.2) is 0 Å². The number of hydrogen-bond donors (Lipinski definition) is 1. The summed E-state index contributed by atoms with van der Waals surface area (Å²) in [6, 6.07) is 0. The maximum Gasteiger partial charge on any atom is 0.0749 e. The lowest BCUT2D eigenvalue weighted by Crippen LogP contribution is -2.58. The zero-order valence-electron chi connectivity index (χ0n) is 11.7. The highest BCUT2D eigenvalue weighted by atomic mass is 16.3. The van der Waals surface area contributed by atoms with Crippen LogP contribution in [0.3, 0.4) is 0 Å². The van der Waals surface area contributed by atoms with Crippen molar-refractivity contribution in [3.63, 3.8) is 0 Å². The van der Waals surface area contributed by atoms with E-state index in [0.29, 0.717) is 5.92 Å². The van der Waals surface area contributed by atoms with E-state index in [0.717, 1.165) is 25.2 Å². The van der Waals surface area contributed by atoms with Gasteiger partial charge >= 0.3 is 0 Å². The molecule has 1 N–H and O–H groups in total. The first-order valence-corrected chi connectivity index (χ1v) is 6.79. The third kappa shape index (κ3) is 2.60. The molecule has 0 aromatic carbocycles. The monoisotopic (exact) mass is 227 g/mol. The van der Waals surface area contributed by atoms with Crippen LogP contribution in [0.2, 0.25) is 0 Å². The second kappa shape index (κ2) is 5.50. The summed E-state index contributed by atoms with van der Waals surface area (Å²) in [6.45, 7) is 6.67. The topological polar surface area (TPSA) is 23.5 Å². The molecular formula is C14H29NO. The van der Waals surface area contributed by atoms with Gasteiger partial charge in [-0.05, 0) is 38.8 Å². The van der Waals surface area contributed by atoms with Crippen LogP contribution in [0.15, 0.2) is 0 Å². The molecule has 1 aliphatic rings. The highest BCUT2D eigenvalue weighted by Crippen LogP contribution is 2.40. The minimum atomic E-state index is -0.185. The van der Waals surface area contributed by atoms with Crippen LogP contribution in [0.4, 0.5) is 0 Å². The molecule has 0 amide bonds. The molecule has 2 nitrogen and oxygen atoms in total. The van der Waals surface area contributed by atoms with Crippen LogP contribution in [0.5, 0.6) is 0 Å². The number of hydrogen-bond acceptors (Lipinski definition) is 2. The third-order valence-corrected chi connectivity index (χ3v) is 4.63. The second-order valence-electron chi connectivity index (χ2n) is 6.03. The third-order valence-electron chi connectivity index (χ3n) is 4.63. The molecule has 96 valence electrons. The Bertz CT molecular complexity index is 217. The van der Waals surface area contributed by atoms with Crippen LogP contribution in [0, 0.1) is 11.8 Å². The molecule has 2 heteroatoms. The maximum atomic E-state index is 10.6. The van der Waals surface area contributed by atoms with E-state index in [4.69, 9.17) is 0 Å². The molecule has 4 unspecified atom stereocenters. The van der Waals surface area contributed by atoms with Gasteiger partial charge < -0.3 is 10.0 Å². The van der Waals surface area contributed by atoms with Gasteiger partial charge in [0.1, 0.15) is 0 Å². The molecule has 0 heterocycles. The molecule has 0 aromatic rings. The van der Waals surface area contributed by atoms with Crippen LogP contribution in [0.25, 0.3) is 0 Å². The van der Waals surface area contributed by atoms with Crippen LogP contribution in [-0.2, 0) is 0 Å². The quantitative estimate of drug-likeness (QED) is 0.798. The molecule has 16 heavy (non-hydrogen) atoms. The first kappa shape index (κ1) is 14.0. The number of rotatable bonds is 4. The van der Waals surface area contributed by atoms with E-state index in [2.05, 4.69) is 39.8 Å². The van der Waals surface area contributed by atoms with Gasteiger partial charge in [0.05, 0.1) is 6.10 Å². The molecule has 0 bridgehead atoms. The fourth-order valence-corrected chi connectivity index (χ4v) is 3.26. The van der Waals surface area contributed by atoms with E-state index in [-0.39, 0.29) is 11.6 Å². The van der Waals surface area contributed by atoms with Crippen LogP contribution in [-0.4, -0.2) is 35.7 Å². The van der Waals surface area contributed by atoms with Gasteiger partial charge in [-0.1, -0.05) is 40.0 Å². The van der Waals surface area contributed by atoms with Gasteiger partial charge in [0.2, 0.25) is 0 Å². The summed E-state index contributed by atoms with van der Waals surface area (Å²) in [4.78, 5) is 2.28. The lowest BCUT2D eigenvalue weighted by Gasteiger charge is -2.50. The summed E-state index contributed by atoms with van der Waals surface area (Å²) in [5.41, 5.74) is 0.0209. The van der Waals surface area contributed by atoms with Crippen molar-refractivity contribution in [2.45, 2.75) is 64.5 Å². The Morgan fingerprint density at radius 2 is 2.06 bits per heavy atom. The van der Waals surface area contributed by atoms with Crippen molar-refractivity contribution in [3.05, 3.63) is 0 Å². The predicted octanol–water partition coefficient (Wildman–Crippen LogP) is 2.90. The molecule has 0 saturated heterocycles. The highest BCUT2D eigenvalue weighted by Gasteiger charge is 2.44. The molecular weight excluding hydrogens is 198 g/mol. The normalized spacial score (nSPS) is 35.1. The largest absolute Gasteiger partial charge is 0.391 e. The van der Waals surface area contributed by atoms with Crippen LogP contribution in [0.1, 0.15) is 52.9 Å². The summed E-state index contributed by atoms with van der Waals surface area (Å²) < 4.78 is 0. The van der Waals surface area contributed by atoms with Crippen LogP contribution < -0.4 is 0 Å². The Balaban J connectivity index is 2.87. The maximum absolute atomic E-state index is 10.6. The van der Waals surface area contributed by atoms with Crippen molar-refractivity contribution in [2.24, 2.45) is 11.8 Å². The lowest BCUT2D eigenvalue weighted by atomic mass is 9.69. The van der Waals surface area contributed by atoms with E-state index < -0.39 is 0 Å². The zero-order valence-corrected chi connectivity index (χ0v) is 11.7. The fraction of sp³-hybridized carbons (Fsp3) is 1.00. The predicted molar refractivity (Wildman–Crippen MR) is 69.5 cm³/mol. The minimum absolute atomic E-state index is 0.0209. The second-order valence-corrected chi connectivity index (χ2v) is 6.03. The molecule has 0 aromatic heterocycles. The Kier molecular flexibility index (Phi) is 4.81. The number of likely N-dealkylation sites (N-methyl/N-ethyl adjacent to an activating group) is 1. The molecule has 1 saturated carbocycles. The van der Waals surface area contributed by atoms with Crippen LogP contribution >= 0.6 is 0 Å². The van der Waals surface area contributed by atoms with E-state index in [1.54, 1.807) is 0 Å².